The van der Waals surface area contributed by atoms with Crippen LogP contribution in [0.2, 0.25) is 0 Å². The summed E-state index contributed by atoms with van der Waals surface area (Å²) in [6.45, 7) is 3.24. The van der Waals surface area contributed by atoms with Crippen LogP contribution in [0.25, 0.3) is 0 Å². The van der Waals surface area contributed by atoms with Gasteiger partial charge in [-0.05, 0) is 69.6 Å². The van der Waals surface area contributed by atoms with Crippen molar-refractivity contribution in [2.45, 2.75) is 46.0 Å². The van der Waals surface area contributed by atoms with Crippen LogP contribution in [0.1, 0.15) is 46.0 Å². The maximum atomic E-state index is 12.7. The fourth-order valence-electron chi connectivity index (χ4n) is 4.95. The average molecular weight is 262 g/mol. The highest BCUT2D eigenvalue weighted by atomic mass is 16.4. The Balaban J connectivity index is 1.85. The first-order valence-electron chi connectivity index (χ1n) is 7.42. The molecule has 0 spiro atoms. The molecule has 3 heteroatoms. The Kier molecular flexibility index (Phi) is 3.03. The summed E-state index contributed by atoms with van der Waals surface area (Å²) in [4.78, 5) is 23.7. The summed E-state index contributed by atoms with van der Waals surface area (Å²) in [5, 5.41) is 9.04. The summed E-state index contributed by atoms with van der Waals surface area (Å²) in [5.41, 5.74) is 0.698. The number of carboxylic acids is 1. The summed E-state index contributed by atoms with van der Waals surface area (Å²) in [5.74, 6) is 2.01. The third-order valence-corrected chi connectivity index (χ3v) is 5.78. The van der Waals surface area contributed by atoms with E-state index in [1.54, 1.807) is 13.8 Å². The predicted octanol–water partition coefficient (Wildman–Crippen LogP) is 3.05. The third-order valence-electron chi connectivity index (χ3n) is 5.78. The molecule has 4 rings (SSSR count). The predicted molar refractivity (Wildman–Crippen MR) is 71.6 cm³/mol. The zero-order valence-electron chi connectivity index (χ0n) is 11.7. The van der Waals surface area contributed by atoms with E-state index in [0.29, 0.717) is 17.4 Å². The van der Waals surface area contributed by atoms with E-state index in [0.717, 1.165) is 11.8 Å². The normalized spacial score (nSPS) is 41.1. The minimum absolute atomic E-state index is 0.113. The Morgan fingerprint density at radius 2 is 1.32 bits per heavy atom. The molecule has 0 atom stereocenters. The van der Waals surface area contributed by atoms with E-state index in [1.165, 1.54) is 32.1 Å². The van der Waals surface area contributed by atoms with Gasteiger partial charge in [0.05, 0.1) is 0 Å². The molecule has 0 aromatic heterocycles. The fourth-order valence-corrected chi connectivity index (χ4v) is 4.95. The van der Waals surface area contributed by atoms with Crippen molar-refractivity contribution in [3.05, 3.63) is 11.1 Å². The van der Waals surface area contributed by atoms with Crippen LogP contribution in [0, 0.1) is 29.6 Å². The standard InChI is InChI=1S/C16H22O3/c1-8(9(2)16(18)19)15(17)14-12-4-10-3-11(6-12)7-13(14)5-10/h10-14H,3-7H2,1-2H3,(H,18,19)/b9-8+. The first kappa shape index (κ1) is 12.9. The van der Waals surface area contributed by atoms with Crippen LogP contribution in [0.3, 0.4) is 0 Å². The van der Waals surface area contributed by atoms with Gasteiger partial charge in [-0.15, -0.1) is 0 Å². The van der Waals surface area contributed by atoms with E-state index in [9.17, 15) is 9.59 Å². The summed E-state index contributed by atoms with van der Waals surface area (Å²) in [6, 6.07) is 0. The second-order valence-electron chi connectivity index (χ2n) is 6.88. The monoisotopic (exact) mass is 262 g/mol. The van der Waals surface area contributed by atoms with Gasteiger partial charge in [-0.25, -0.2) is 4.79 Å². The van der Waals surface area contributed by atoms with Gasteiger partial charge in [-0.2, -0.15) is 0 Å². The molecule has 4 fully saturated rings. The lowest BCUT2D eigenvalue weighted by Gasteiger charge is -2.53. The second kappa shape index (κ2) is 4.46. The van der Waals surface area contributed by atoms with Gasteiger partial charge in [0.1, 0.15) is 0 Å². The first-order valence-corrected chi connectivity index (χ1v) is 7.42. The number of hydrogen-bond donors (Lipinski definition) is 1. The van der Waals surface area contributed by atoms with Crippen molar-refractivity contribution in [3.8, 4) is 0 Å². The van der Waals surface area contributed by atoms with Gasteiger partial charge < -0.3 is 5.11 Å². The van der Waals surface area contributed by atoms with Crippen LogP contribution < -0.4 is 0 Å². The lowest BCUT2D eigenvalue weighted by molar-refractivity contribution is -0.135. The molecule has 4 aliphatic rings. The maximum Gasteiger partial charge on any atom is 0.331 e. The van der Waals surface area contributed by atoms with Crippen molar-refractivity contribution in [1.82, 2.24) is 0 Å². The van der Waals surface area contributed by atoms with Crippen molar-refractivity contribution in [2.24, 2.45) is 29.6 Å². The SMILES string of the molecule is C/C(C(=O)O)=C(/C)C(=O)C1C2CC3CC(C2)CC1C3. The van der Waals surface area contributed by atoms with Crippen molar-refractivity contribution in [3.63, 3.8) is 0 Å². The number of carboxylic acid groups (broad SMARTS) is 1. The molecule has 0 aliphatic heterocycles. The number of hydrogen-bond acceptors (Lipinski definition) is 2. The van der Waals surface area contributed by atoms with Crippen LogP contribution >= 0.6 is 0 Å². The van der Waals surface area contributed by atoms with E-state index >= 15 is 0 Å². The summed E-state index contributed by atoms with van der Waals surface area (Å²) in [6.07, 6.45) is 6.16. The van der Waals surface area contributed by atoms with E-state index in [1.807, 2.05) is 0 Å². The molecule has 0 amide bonds. The molecular weight excluding hydrogens is 240 g/mol. The number of rotatable bonds is 3. The van der Waals surface area contributed by atoms with Crippen LogP contribution in [0.15, 0.2) is 11.1 Å². The zero-order valence-corrected chi connectivity index (χ0v) is 11.7. The molecule has 3 nitrogen and oxygen atoms in total. The third kappa shape index (κ3) is 2.03. The first-order chi connectivity index (χ1) is 8.97. The van der Waals surface area contributed by atoms with Gasteiger partial charge in [0.15, 0.2) is 5.78 Å². The number of carbonyl (C=O) groups is 2. The molecular formula is C16H22O3. The van der Waals surface area contributed by atoms with Gasteiger partial charge in [-0.3, -0.25) is 4.79 Å². The second-order valence-corrected chi connectivity index (χ2v) is 6.88. The van der Waals surface area contributed by atoms with E-state index in [4.69, 9.17) is 5.11 Å². The van der Waals surface area contributed by atoms with Crippen LogP contribution in [0.4, 0.5) is 0 Å². The summed E-state index contributed by atoms with van der Waals surface area (Å²) in [7, 11) is 0. The molecule has 4 aliphatic carbocycles. The molecule has 0 aromatic rings. The lowest BCUT2D eigenvalue weighted by atomic mass is 9.51. The summed E-state index contributed by atoms with van der Waals surface area (Å²) >= 11 is 0. The minimum atomic E-state index is -0.963. The number of Topliss-reactive ketones (excluding diaryl/α,β-unsaturated/α-hetero) is 1. The molecule has 4 saturated carbocycles. The van der Waals surface area contributed by atoms with E-state index < -0.39 is 5.97 Å². The summed E-state index contributed by atoms with van der Waals surface area (Å²) < 4.78 is 0. The fraction of sp³-hybridized carbons (Fsp3) is 0.750. The van der Waals surface area contributed by atoms with Gasteiger partial charge in [0.25, 0.3) is 0 Å². The lowest BCUT2D eigenvalue weighted by Crippen LogP contribution is -2.48. The minimum Gasteiger partial charge on any atom is -0.478 e. The van der Waals surface area contributed by atoms with Gasteiger partial charge in [0.2, 0.25) is 0 Å². The van der Waals surface area contributed by atoms with E-state index in [2.05, 4.69) is 0 Å². The quantitative estimate of drug-likeness (QED) is 0.795. The Morgan fingerprint density at radius 3 is 1.74 bits per heavy atom. The van der Waals surface area contributed by atoms with Crippen LogP contribution in [0.5, 0.6) is 0 Å². The number of allylic oxidation sites excluding steroid dienone is 1. The molecule has 19 heavy (non-hydrogen) atoms. The van der Waals surface area contributed by atoms with Crippen molar-refractivity contribution in [1.29, 1.82) is 0 Å². The Bertz CT molecular complexity index is 433. The van der Waals surface area contributed by atoms with Gasteiger partial charge >= 0.3 is 5.97 Å². The van der Waals surface area contributed by atoms with Crippen LogP contribution in [-0.2, 0) is 9.59 Å². The van der Waals surface area contributed by atoms with E-state index in [-0.39, 0.29) is 17.3 Å². The molecule has 0 saturated heterocycles. The number of carbonyl (C=O) groups excluding carboxylic acids is 1. The zero-order chi connectivity index (χ0) is 13.7. The smallest absolute Gasteiger partial charge is 0.331 e. The Morgan fingerprint density at radius 1 is 0.842 bits per heavy atom. The highest BCUT2D eigenvalue weighted by molar-refractivity contribution is 6.04. The van der Waals surface area contributed by atoms with Gasteiger partial charge in [0, 0.05) is 17.1 Å². The van der Waals surface area contributed by atoms with Crippen molar-refractivity contribution >= 4 is 11.8 Å². The molecule has 4 bridgehead atoms. The van der Waals surface area contributed by atoms with Crippen LogP contribution in [-0.4, -0.2) is 16.9 Å². The van der Waals surface area contributed by atoms with Crippen molar-refractivity contribution < 1.29 is 14.7 Å². The molecule has 104 valence electrons. The molecule has 0 heterocycles. The number of aliphatic carboxylic acids is 1. The largest absolute Gasteiger partial charge is 0.478 e. The van der Waals surface area contributed by atoms with Crippen molar-refractivity contribution in [2.75, 3.05) is 0 Å². The topological polar surface area (TPSA) is 54.4 Å². The Labute approximate surface area is 114 Å². The highest BCUT2D eigenvalue weighted by Gasteiger charge is 2.50. The average Bonchev–Trinajstić information content (AvgIpc) is 2.35. The molecule has 0 aromatic carbocycles. The highest BCUT2D eigenvalue weighted by Crippen LogP contribution is 2.57. The maximum absolute atomic E-state index is 12.7. The molecule has 0 unspecified atom stereocenters. The molecule has 0 radical (unpaired) electrons. The van der Waals surface area contributed by atoms with Gasteiger partial charge in [-0.1, -0.05) is 0 Å². The number of ketones is 1. The Hall–Kier alpha value is -1.12. The molecule has 1 N–H and O–H groups in total.